The average Bonchev–Trinajstić information content (AvgIpc) is 2.92. The summed E-state index contributed by atoms with van der Waals surface area (Å²) in [5.41, 5.74) is 5.84. The molecule has 0 aliphatic carbocycles. The molecule has 2 aromatic rings. The summed E-state index contributed by atoms with van der Waals surface area (Å²) >= 11 is 1.37. The first kappa shape index (κ1) is 13.6. The minimum absolute atomic E-state index is 0.0896. The van der Waals surface area contributed by atoms with Crippen LogP contribution in [0.2, 0.25) is 0 Å². The lowest BCUT2D eigenvalue weighted by molar-refractivity contribution is -0.122. The Morgan fingerprint density at radius 3 is 2.84 bits per heavy atom. The summed E-state index contributed by atoms with van der Waals surface area (Å²) in [5.74, 6) is -1.54. The third-order valence-corrected chi connectivity index (χ3v) is 3.55. The first-order chi connectivity index (χ1) is 9.08. The Morgan fingerprint density at radius 1 is 1.37 bits per heavy atom. The first-order valence-electron chi connectivity index (χ1n) is 5.58. The second-order valence-electron chi connectivity index (χ2n) is 3.95. The molecule has 1 atom stereocenters. The normalized spacial score (nSPS) is 12.2. The highest BCUT2D eigenvalue weighted by Crippen LogP contribution is 2.17. The van der Waals surface area contributed by atoms with Crippen LogP contribution in [0.25, 0.3) is 0 Å². The Hall–Kier alpha value is -1.79. The number of hydrogen-bond donors (Lipinski definition) is 2. The molecular weight excluding hydrogens is 270 g/mol. The molecule has 19 heavy (non-hydrogen) atoms. The molecule has 1 heterocycles. The van der Waals surface area contributed by atoms with Crippen molar-refractivity contribution in [1.82, 2.24) is 5.32 Å². The SMILES string of the molecule is NC(C(=O)NCc1cc(F)ccc1F)c1cccs1. The van der Waals surface area contributed by atoms with E-state index in [0.717, 1.165) is 23.1 Å². The van der Waals surface area contributed by atoms with Gasteiger partial charge >= 0.3 is 0 Å². The Labute approximate surface area is 113 Å². The summed E-state index contributed by atoms with van der Waals surface area (Å²) in [7, 11) is 0. The molecule has 3 N–H and O–H groups in total. The van der Waals surface area contributed by atoms with E-state index in [9.17, 15) is 13.6 Å². The van der Waals surface area contributed by atoms with E-state index in [1.807, 2.05) is 5.38 Å². The zero-order valence-electron chi connectivity index (χ0n) is 9.90. The molecule has 0 radical (unpaired) electrons. The molecule has 0 aliphatic heterocycles. The van der Waals surface area contributed by atoms with E-state index in [-0.39, 0.29) is 12.1 Å². The predicted octanol–water partition coefficient (Wildman–Crippen LogP) is 2.34. The summed E-state index contributed by atoms with van der Waals surface area (Å²) in [6.45, 7) is -0.0957. The second-order valence-corrected chi connectivity index (χ2v) is 4.93. The number of nitrogens with one attached hydrogen (secondary N) is 1. The van der Waals surface area contributed by atoms with Crippen molar-refractivity contribution < 1.29 is 13.6 Å². The molecule has 2 rings (SSSR count). The van der Waals surface area contributed by atoms with Gasteiger partial charge in [-0.3, -0.25) is 4.79 Å². The van der Waals surface area contributed by atoms with Crippen LogP contribution >= 0.6 is 11.3 Å². The number of rotatable bonds is 4. The fraction of sp³-hybridized carbons (Fsp3) is 0.154. The molecule has 1 aromatic carbocycles. The number of benzene rings is 1. The monoisotopic (exact) mass is 282 g/mol. The van der Waals surface area contributed by atoms with Crippen LogP contribution in [0.15, 0.2) is 35.7 Å². The molecule has 0 saturated heterocycles. The highest BCUT2D eigenvalue weighted by Gasteiger charge is 2.16. The number of carbonyl (C=O) groups is 1. The van der Waals surface area contributed by atoms with Gasteiger partial charge in [-0.05, 0) is 29.6 Å². The van der Waals surface area contributed by atoms with Crippen LogP contribution < -0.4 is 11.1 Å². The fourth-order valence-corrected chi connectivity index (χ4v) is 2.29. The highest BCUT2D eigenvalue weighted by atomic mass is 32.1. The van der Waals surface area contributed by atoms with Gasteiger partial charge in [0.2, 0.25) is 5.91 Å². The van der Waals surface area contributed by atoms with Gasteiger partial charge in [-0.25, -0.2) is 8.78 Å². The van der Waals surface area contributed by atoms with Crippen LogP contribution in [-0.4, -0.2) is 5.91 Å². The van der Waals surface area contributed by atoms with E-state index in [1.165, 1.54) is 11.3 Å². The van der Waals surface area contributed by atoms with E-state index in [4.69, 9.17) is 5.73 Å². The van der Waals surface area contributed by atoms with Crippen LogP contribution in [0.3, 0.4) is 0 Å². The molecular formula is C13H12F2N2OS. The number of halogens is 2. The second kappa shape index (κ2) is 5.90. The Balaban J connectivity index is 1.99. The van der Waals surface area contributed by atoms with E-state index in [0.29, 0.717) is 0 Å². The maximum absolute atomic E-state index is 13.3. The van der Waals surface area contributed by atoms with Gasteiger partial charge in [-0.2, -0.15) is 0 Å². The Kier molecular flexibility index (Phi) is 4.24. The van der Waals surface area contributed by atoms with Crippen molar-refractivity contribution in [3.8, 4) is 0 Å². The van der Waals surface area contributed by atoms with Crippen molar-refractivity contribution in [2.24, 2.45) is 5.73 Å². The predicted molar refractivity (Wildman–Crippen MR) is 69.5 cm³/mol. The molecule has 1 aromatic heterocycles. The molecule has 3 nitrogen and oxygen atoms in total. The van der Waals surface area contributed by atoms with Crippen molar-refractivity contribution in [1.29, 1.82) is 0 Å². The first-order valence-corrected chi connectivity index (χ1v) is 6.46. The van der Waals surface area contributed by atoms with Gasteiger partial charge in [0.15, 0.2) is 0 Å². The number of amides is 1. The van der Waals surface area contributed by atoms with Gasteiger partial charge in [0.1, 0.15) is 17.7 Å². The standard InChI is InChI=1S/C13H12F2N2OS/c14-9-3-4-10(15)8(6-9)7-17-13(18)12(16)11-2-1-5-19-11/h1-6,12H,7,16H2,(H,17,18). The smallest absolute Gasteiger partial charge is 0.242 e. The Morgan fingerprint density at radius 2 is 2.16 bits per heavy atom. The van der Waals surface area contributed by atoms with E-state index >= 15 is 0 Å². The van der Waals surface area contributed by atoms with E-state index < -0.39 is 23.6 Å². The molecule has 6 heteroatoms. The number of carbonyl (C=O) groups excluding carboxylic acids is 1. The largest absolute Gasteiger partial charge is 0.350 e. The minimum atomic E-state index is -0.795. The number of nitrogens with two attached hydrogens (primary N) is 1. The molecule has 0 bridgehead atoms. The molecule has 0 spiro atoms. The fourth-order valence-electron chi connectivity index (χ4n) is 1.57. The van der Waals surface area contributed by atoms with Gasteiger partial charge in [0.05, 0.1) is 0 Å². The lowest BCUT2D eigenvalue weighted by atomic mass is 10.2. The maximum atomic E-state index is 13.3. The van der Waals surface area contributed by atoms with Gasteiger partial charge in [0, 0.05) is 17.0 Å². The summed E-state index contributed by atoms with van der Waals surface area (Å²) in [4.78, 5) is 12.5. The van der Waals surface area contributed by atoms with Crippen molar-refractivity contribution >= 4 is 17.2 Å². The van der Waals surface area contributed by atoms with Crippen LogP contribution in [0.5, 0.6) is 0 Å². The number of thiophene rings is 1. The van der Waals surface area contributed by atoms with Crippen molar-refractivity contribution in [2.45, 2.75) is 12.6 Å². The van der Waals surface area contributed by atoms with E-state index in [1.54, 1.807) is 12.1 Å². The van der Waals surface area contributed by atoms with Crippen LogP contribution in [0.1, 0.15) is 16.5 Å². The van der Waals surface area contributed by atoms with Gasteiger partial charge in [0.25, 0.3) is 0 Å². The van der Waals surface area contributed by atoms with Crippen LogP contribution in [0, 0.1) is 11.6 Å². The molecule has 0 aliphatic rings. The summed E-state index contributed by atoms with van der Waals surface area (Å²) in [6, 6.07) is 5.84. The van der Waals surface area contributed by atoms with Crippen molar-refractivity contribution in [3.05, 3.63) is 57.8 Å². The van der Waals surface area contributed by atoms with Crippen LogP contribution in [-0.2, 0) is 11.3 Å². The van der Waals surface area contributed by atoms with Crippen molar-refractivity contribution in [2.75, 3.05) is 0 Å². The van der Waals surface area contributed by atoms with Crippen LogP contribution in [0.4, 0.5) is 8.78 Å². The average molecular weight is 282 g/mol. The maximum Gasteiger partial charge on any atom is 0.242 e. The summed E-state index contributed by atoms with van der Waals surface area (Å²) in [6.07, 6.45) is 0. The third kappa shape index (κ3) is 3.36. The zero-order valence-corrected chi connectivity index (χ0v) is 10.7. The topological polar surface area (TPSA) is 55.1 Å². The molecule has 1 unspecified atom stereocenters. The molecule has 1 amide bonds. The Bertz CT molecular complexity index is 572. The number of hydrogen-bond acceptors (Lipinski definition) is 3. The highest BCUT2D eigenvalue weighted by molar-refractivity contribution is 7.10. The molecule has 100 valence electrons. The summed E-state index contributed by atoms with van der Waals surface area (Å²) < 4.78 is 26.3. The van der Waals surface area contributed by atoms with Crippen molar-refractivity contribution in [3.63, 3.8) is 0 Å². The van der Waals surface area contributed by atoms with Gasteiger partial charge in [-0.15, -0.1) is 11.3 Å². The molecule has 0 fully saturated rings. The molecule has 0 saturated carbocycles. The van der Waals surface area contributed by atoms with Gasteiger partial charge in [-0.1, -0.05) is 6.07 Å². The lowest BCUT2D eigenvalue weighted by Crippen LogP contribution is -2.33. The minimum Gasteiger partial charge on any atom is -0.350 e. The lowest BCUT2D eigenvalue weighted by Gasteiger charge is -2.11. The quantitative estimate of drug-likeness (QED) is 0.904. The van der Waals surface area contributed by atoms with Gasteiger partial charge < -0.3 is 11.1 Å². The van der Waals surface area contributed by atoms with E-state index in [2.05, 4.69) is 5.32 Å². The third-order valence-electron chi connectivity index (χ3n) is 2.59. The zero-order chi connectivity index (χ0) is 13.8. The summed E-state index contributed by atoms with van der Waals surface area (Å²) in [5, 5.41) is 4.31.